The van der Waals surface area contributed by atoms with Crippen LogP contribution in [0.2, 0.25) is 0 Å². The summed E-state index contributed by atoms with van der Waals surface area (Å²) in [7, 11) is 1.64. The number of alkyl halides is 1. The number of carbonyl (C=O) groups excluding carboxylic acids is 1. The summed E-state index contributed by atoms with van der Waals surface area (Å²) < 4.78 is 5.41. The number of aromatic nitrogens is 1. The van der Waals surface area contributed by atoms with Crippen molar-refractivity contribution in [2.24, 2.45) is 0 Å². The van der Waals surface area contributed by atoms with Crippen LogP contribution in [0.3, 0.4) is 0 Å². The molecule has 0 amide bonds. The average molecular weight is 320 g/mol. The first-order valence-electron chi connectivity index (χ1n) is 5.92. The third kappa shape index (κ3) is 3.41. The number of nitrogens with zero attached hydrogens (tertiary/aromatic N) is 1. The maximum absolute atomic E-state index is 10.7. The van der Waals surface area contributed by atoms with E-state index in [4.69, 9.17) is 4.74 Å². The molecule has 2 aromatic rings. The lowest BCUT2D eigenvalue weighted by molar-refractivity contribution is -0.107. The highest BCUT2D eigenvalue weighted by atomic mass is 79.9. The van der Waals surface area contributed by atoms with Crippen molar-refractivity contribution in [3.63, 3.8) is 0 Å². The van der Waals surface area contributed by atoms with Crippen molar-refractivity contribution >= 4 is 22.2 Å². The monoisotopic (exact) mass is 319 g/mol. The zero-order valence-electron chi connectivity index (χ0n) is 10.5. The van der Waals surface area contributed by atoms with E-state index in [0.717, 1.165) is 28.9 Å². The van der Waals surface area contributed by atoms with Crippen LogP contribution in [0, 0.1) is 0 Å². The summed E-state index contributed by atoms with van der Waals surface area (Å²) in [6.07, 6.45) is 3.28. The first-order chi connectivity index (χ1) is 9.24. The van der Waals surface area contributed by atoms with Crippen LogP contribution in [-0.4, -0.2) is 23.2 Å². The lowest BCUT2D eigenvalue weighted by Gasteiger charge is -2.11. The van der Waals surface area contributed by atoms with Gasteiger partial charge in [-0.1, -0.05) is 28.1 Å². The largest absolute Gasteiger partial charge is 0.496 e. The van der Waals surface area contributed by atoms with Gasteiger partial charge in [0.1, 0.15) is 12.0 Å². The van der Waals surface area contributed by atoms with Gasteiger partial charge >= 0.3 is 0 Å². The summed E-state index contributed by atoms with van der Waals surface area (Å²) in [6, 6.07) is 11.7. The second-order valence-corrected chi connectivity index (χ2v) is 5.28. The molecule has 0 saturated carbocycles. The lowest BCUT2D eigenvalue weighted by Crippen LogP contribution is -2.04. The minimum Gasteiger partial charge on any atom is -0.496 e. The van der Waals surface area contributed by atoms with Gasteiger partial charge in [-0.05, 0) is 36.2 Å². The van der Waals surface area contributed by atoms with Gasteiger partial charge in [0.15, 0.2) is 0 Å². The molecule has 0 aliphatic rings. The van der Waals surface area contributed by atoms with Crippen LogP contribution >= 0.6 is 15.9 Å². The second kappa shape index (κ2) is 6.48. The smallest absolute Gasteiger partial charge is 0.133 e. The van der Waals surface area contributed by atoms with Gasteiger partial charge in [0.2, 0.25) is 0 Å². The zero-order valence-corrected chi connectivity index (χ0v) is 12.1. The van der Waals surface area contributed by atoms with Crippen LogP contribution in [0.25, 0.3) is 11.3 Å². The summed E-state index contributed by atoms with van der Waals surface area (Å²) in [4.78, 5) is 14.8. The number of methoxy groups -OCH3 is 1. The molecule has 1 aromatic carbocycles. The number of halogens is 1. The van der Waals surface area contributed by atoms with E-state index >= 15 is 0 Å². The summed E-state index contributed by atoms with van der Waals surface area (Å²) >= 11 is 3.30. The number of hydrogen-bond donors (Lipinski definition) is 0. The second-order valence-electron chi connectivity index (χ2n) is 4.11. The summed E-state index contributed by atoms with van der Waals surface area (Å²) in [5.74, 6) is 0.766. The number of ether oxygens (including phenoxy) is 1. The Morgan fingerprint density at radius 3 is 2.84 bits per heavy atom. The first-order valence-corrected chi connectivity index (χ1v) is 6.84. The number of rotatable bonds is 5. The van der Waals surface area contributed by atoms with Gasteiger partial charge < -0.3 is 9.53 Å². The standard InChI is InChI=1S/C15H14BrNO2/c1-19-15-9-11(8-12(16)10-18)5-6-13(15)14-4-2-3-7-17-14/h2-7,9-10,12H,8H2,1H3. The Hall–Kier alpha value is -1.68. The lowest BCUT2D eigenvalue weighted by atomic mass is 10.0. The molecule has 1 heterocycles. The van der Waals surface area contributed by atoms with Gasteiger partial charge in [0.25, 0.3) is 0 Å². The summed E-state index contributed by atoms with van der Waals surface area (Å²) in [5, 5.41) is 0. The molecule has 0 bridgehead atoms. The van der Waals surface area contributed by atoms with Crippen molar-refractivity contribution in [2.75, 3.05) is 7.11 Å². The van der Waals surface area contributed by atoms with Crippen LogP contribution in [0.5, 0.6) is 5.75 Å². The van der Waals surface area contributed by atoms with E-state index in [1.54, 1.807) is 13.3 Å². The number of benzene rings is 1. The average Bonchev–Trinajstić information content (AvgIpc) is 2.47. The van der Waals surface area contributed by atoms with Crippen molar-refractivity contribution < 1.29 is 9.53 Å². The molecule has 0 fully saturated rings. The number of aldehydes is 1. The molecule has 2 rings (SSSR count). The minimum absolute atomic E-state index is 0.169. The van der Waals surface area contributed by atoms with Gasteiger partial charge in [-0.25, -0.2) is 0 Å². The minimum atomic E-state index is -0.169. The molecule has 0 aliphatic carbocycles. The number of pyridine rings is 1. The molecule has 0 radical (unpaired) electrons. The molecule has 3 nitrogen and oxygen atoms in total. The highest BCUT2D eigenvalue weighted by molar-refractivity contribution is 9.09. The van der Waals surface area contributed by atoms with Crippen molar-refractivity contribution in [1.29, 1.82) is 0 Å². The Kier molecular flexibility index (Phi) is 4.68. The van der Waals surface area contributed by atoms with Gasteiger partial charge in [-0.3, -0.25) is 4.98 Å². The third-order valence-corrected chi connectivity index (χ3v) is 3.32. The van der Waals surface area contributed by atoms with Crippen LogP contribution in [0.1, 0.15) is 5.56 Å². The zero-order chi connectivity index (χ0) is 13.7. The molecule has 0 N–H and O–H groups in total. The molecule has 19 heavy (non-hydrogen) atoms. The summed E-state index contributed by atoms with van der Waals surface area (Å²) in [6.45, 7) is 0. The van der Waals surface area contributed by atoms with Gasteiger partial charge in [-0.2, -0.15) is 0 Å². The SMILES string of the molecule is COc1cc(CC(Br)C=O)ccc1-c1ccccn1. The van der Waals surface area contributed by atoms with Crippen LogP contribution < -0.4 is 4.74 Å². The van der Waals surface area contributed by atoms with Crippen molar-refractivity contribution in [2.45, 2.75) is 11.2 Å². The van der Waals surface area contributed by atoms with E-state index in [1.165, 1.54) is 0 Å². The maximum Gasteiger partial charge on any atom is 0.133 e. The van der Waals surface area contributed by atoms with Crippen molar-refractivity contribution in [1.82, 2.24) is 4.98 Å². The quantitative estimate of drug-likeness (QED) is 0.627. The predicted molar refractivity (Wildman–Crippen MR) is 78.7 cm³/mol. The third-order valence-electron chi connectivity index (χ3n) is 2.79. The van der Waals surface area contributed by atoms with Gasteiger partial charge in [-0.15, -0.1) is 0 Å². The Balaban J connectivity index is 2.34. The molecule has 1 unspecified atom stereocenters. The Morgan fingerprint density at radius 2 is 2.21 bits per heavy atom. The van der Waals surface area contributed by atoms with E-state index in [-0.39, 0.29) is 4.83 Å². The van der Waals surface area contributed by atoms with Gasteiger partial charge in [0.05, 0.1) is 17.6 Å². The maximum atomic E-state index is 10.7. The van der Waals surface area contributed by atoms with Gasteiger partial charge in [0, 0.05) is 11.8 Å². The van der Waals surface area contributed by atoms with E-state index < -0.39 is 0 Å². The fourth-order valence-electron chi connectivity index (χ4n) is 1.87. The molecule has 0 aliphatic heterocycles. The number of hydrogen-bond acceptors (Lipinski definition) is 3. The number of carbonyl (C=O) groups is 1. The molecule has 0 spiro atoms. The van der Waals surface area contributed by atoms with Crippen LogP contribution in [0.15, 0.2) is 42.6 Å². The molecular weight excluding hydrogens is 306 g/mol. The van der Waals surface area contributed by atoms with E-state index in [0.29, 0.717) is 6.42 Å². The predicted octanol–water partition coefficient (Wildman–Crippen LogP) is 3.26. The van der Waals surface area contributed by atoms with E-state index in [9.17, 15) is 4.79 Å². The first kappa shape index (κ1) is 13.7. The highest BCUT2D eigenvalue weighted by Gasteiger charge is 2.10. The van der Waals surface area contributed by atoms with Crippen molar-refractivity contribution in [3.8, 4) is 17.0 Å². The van der Waals surface area contributed by atoms with E-state index in [1.807, 2.05) is 36.4 Å². The van der Waals surface area contributed by atoms with Crippen LogP contribution in [0.4, 0.5) is 0 Å². The Bertz CT molecular complexity index is 557. The van der Waals surface area contributed by atoms with Crippen LogP contribution in [-0.2, 0) is 11.2 Å². The van der Waals surface area contributed by atoms with Crippen molar-refractivity contribution in [3.05, 3.63) is 48.2 Å². The highest BCUT2D eigenvalue weighted by Crippen LogP contribution is 2.29. The fraction of sp³-hybridized carbons (Fsp3) is 0.200. The molecule has 4 heteroatoms. The Morgan fingerprint density at radius 1 is 1.37 bits per heavy atom. The molecular formula is C15H14BrNO2. The topological polar surface area (TPSA) is 39.2 Å². The molecule has 1 atom stereocenters. The summed E-state index contributed by atoms with van der Waals surface area (Å²) in [5.41, 5.74) is 2.87. The molecule has 1 aromatic heterocycles. The normalized spacial score (nSPS) is 11.9. The Labute approximate surface area is 120 Å². The fourth-order valence-corrected chi connectivity index (χ4v) is 2.24. The molecule has 0 saturated heterocycles. The van der Waals surface area contributed by atoms with E-state index in [2.05, 4.69) is 20.9 Å². The molecule has 98 valence electrons.